The molecule has 2 heterocycles. The van der Waals surface area contributed by atoms with Gasteiger partial charge in [-0.15, -0.1) is 5.10 Å². The van der Waals surface area contributed by atoms with Crippen molar-refractivity contribution in [1.82, 2.24) is 25.5 Å². The first-order chi connectivity index (χ1) is 8.86. The molecule has 1 saturated heterocycles. The van der Waals surface area contributed by atoms with E-state index < -0.39 is 0 Å². The minimum atomic E-state index is 0.400. The van der Waals surface area contributed by atoms with E-state index in [-0.39, 0.29) is 0 Å². The SMILES string of the molecule is Clc1ccccc1-n1nnnc1C1CCNCC1. The lowest BCUT2D eigenvalue weighted by Gasteiger charge is -2.21. The quantitative estimate of drug-likeness (QED) is 0.897. The number of halogens is 1. The van der Waals surface area contributed by atoms with Gasteiger partial charge in [-0.2, -0.15) is 4.68 Å². The summed E-state index contributed by atoms with van der Waals surface area (Å²) < 4.78 is 1.76. The van der Waals surface area contributed by atoms with Crippen LogP contribution in [0.1, 0.15) is 24.6 Å². The molecule has 0 aliphatic carbocycles. The predicted octanol–water partition coefficient (Wildman–Crippen LogP) is 1.78. The van der Waals surface area contributed by atoms with Crippen LogP contribution >= 0.6 is 11.6 Å². The molecule has 6 heteroatoms. The summed E-state index contributed by atoms with van der Waals surface area (Å²) in [6.45, 7) is 2.03. The molecule has 0 spiro atoms. The van der Waals surface area contributed by atoms with Crippen molar-refractivity contribution in [2.45, 2.75) is 18.8 Å². The monoisotopic (exact) mass is 263 g/mol. The molecule has 0 saturated carbocycles. The molecule has 2 aromatic rings. The van der Waals surface area contributed by atoms with Gasteiger partial charge in [0.1, 0.15) is 0 Å². The zero-order valence-corrected chi connectivity index (χ0v) is 10.6. The lowest BCUT2D eigenvalue weighted by molar-refractivity contribution is 0.438. The number of tetrazole rings is 1. The van der Waals surface area contributed by atoms with E-state index in [0.717, 1.165) is 37.4 Å². The fourth-order valence-electron chi connectivity index (χ4n) is 2.32. The Morgan fingerprint density at radius 3 is 2.78 bits per heavy atom. The molecule has 3 rings (SSSR count). The lowest BCUT2D eigenvalue weighted by Crippen LogP contribution is -2.28. The number of piperidine rings is 1. The van der Waals surface area contributed by atoms with Gasteiger partial charge in [0, 0.05) is 5.92 Å². The first-order valence-electron chi connectivity index (χ1n) is 6.10. The summed E-state index contributed by atoms with van der Waals surface area (Å²) in [6, 6.07) is 7.63. The van der Waals surface area contributed by atoms with Crippen LogP contribution in [-0.2, 0) is 0 Å². The highest BCUT2D eigenvalue weighted by molar-refractivity contribution is 6.32. The number of hydrogen-bond donors (Lipinski definition) is 1. The third-order valence-electron chi connectivity index (χ3n) is 3.28. The summed E-state index contributed by atoms with van der Waals surface area (Å²) in [5.74, 6) is 1.31. The molecule has 18 heavy (non-hydrogen) atoms. The van der Waals surface area contributed by atoms with E-state index in [4.69, 9.17) is 11.6 Å². The van der Waals surface area contributed by atoms with Gasteiger partial charge < -0.3 is 5.32 Å². The highest BCUT2D eigenvalue weighted by atomic mass is 35.5. The van der Waals surface area contributed by atoms with Crippen molar-refractivity contribution >= 4 is 11.6 Å². The smallest absolute Gasteiger partial charge is 0.159 e. The Kier molecular flexibility index (Phi) is 3.25. The Bertz CT molecular complexity index is 533. The van der Waals surface area contributed by atoms with Crippen LogP contribution in [0.15, 0.2) is 24.3 Å². The van der Waals surface area contributed by atoms with Gasteiger partial charge >= 0.3 is 0 Å². The van der Waals surface area contributed by atoms with Crippen molar-refractivity contribution in [3.63, 3.8) is 0 Å². The Balaban J connectivity index is 1.98. The lowest BCUT2D eigenvalue weighted by atomic mass is 9.97. The van der Waals surface area contributed by atoms with Crippen molar-refractivity contribution in [2.24, 2.45) is 0 Å². The van der Waals surface area contributed by atoms with Crippen LogP contribution in [-0.4, -0.2) is 33.3 Å². The van der Waals surface area contributed by atoms with Crippen LogP contribution in [0.5, 0.6) is 0 Å². The molecule has 1 aromatic heterocycles. The average molecular weight is 264 g/mol. The van der Waals surface area contributed by atoms with Gasteiger partial charge in [0.15, 0.2) is 5.82 Å². The molecule has 1 aliphatic heterocycles. The maximum atomic E-state index is 6.20. The second-order valence-electron chi connectivity index (χ2n) is 4.42. The molecule has 1 fully saturated rings. The minimum Gasteiger partial charge on any atom is -0.317 e. The zero-order valence-electron chi connectivity index (χ0n) is 9.88. The Hall–Kier alpha value is -1.46. The molecular weight excluding hydrogens is 250 g/mol. The normalized spacial score (nSPS) is 16.9. The molecular formula is C12H14ClN5. The van der Waals surface area contributed by atoms with Crippen molar-refractivity contribution in [1.29, 1.82) is 0 Å². The second kappa shape index (κ2) is 5.04. The number of nitrogens with one attached hydrogen (secondary N) is 1. The maximum Gasteiger partial charge on any atom is 0.159 e. The van der Waals surface area contributed by atoms with E-state index >= 15 is 0 Å². The molecule has 0 amide bonds. The van der Waals surface area contributed by atoms with E-state index in [1.807, 2.05) is 24.3 Å². The van der Waals surface area contributed by atoms with Crippen LogP contribution in [0.25, 0.3) is 5.69 Å². The van der Waals surface area contributed by atoms with E-state index in [9.17, 15) is 0 Å². The van der Waals surface area contributed by atoms with Gasteiger partial charge in [-0.3, -0.25) is 0 Å². The molecule has 0 unspecified atom stereocenters. The van der Waals surface area contributed by atoms with Gasteiger partial charge in [-0.25, -0.2) is 0 Å². The topological polar surface area (TPSA) is 55.6 Å². The fraction of sp³-hybridized carbons (Fsp3) is 0.417. The summed E-state index contributed by atoms with van der Waals surface area (Å²) in [5, 5.41) is 16.1. The highest BCUT2D eigenvalue weighted by Gasteiger charge is 2.22. The molecule has 0 bridgehead atoms. The van der Waals surface area contributed by atoms with Crippen LogP contribution in [0.3, 0.4) is 0 Å². The van der Waals surface area contributed by atoms with Gasteiger partial charge in [-0.05, 0) is 48.5 Å². The van der Waals surface area contributed by atoms with Crippen molar-refractivity contribution in [3.8, 4) is 5.69 Å². The van der Waals surface area contributed by atoms with Crippen LogP contribution in [0, 0.1) is 0 Å². The maximum absolute atomic E-state index is 6.20. The van der Waals surface area contributed by atoms with Gasteiger partial charge in [0.2, 0.25) is 0 Å². The third-order valence-corrected chi connectivity index (χ3v) is 3.60. The molecule has 5 nitrogen and oxygen atoms in total. The van der Waals surface area contributed by atoms with E-state index in [0.29, 0.717) is 10.9 Å². The largest absolute Gasteiger partial charge is 0.317 e. The number of rotatable bonds is 2. The van der Waals surface area contributed by atoms with Gasteiger partial charge in [0.05, 0.1) is 10.7 Å². The summed E-state index contributed by atoms with van der Waals surface area (Å²) in [5.41, 5.74) is 0.845. The number of para-hydroxylation sites is 1. The predicted molar refractivity (Wildman–Crippen MR) is 69.0 cm³/mol. The number of hydrogen-bond acceptors (Lipinski definition) is 4. The molecule has 1 aliphatic rings. The van der Waals surface area contributed by atoms with E-state index in [1.54, 1.807) is 4.68 Å². The van der Waals surface area contributed by atoms with Crippen molar-refractivity contribution in [2.75, 3.05) is 13.1 Å². The van der Waals surface area contributed by atoms with Gasteiger partial charge in [-0.1, -0.05) is 23.7 Å². The average Bonchev–Trinajstić information content (AvgIpc) is 2.89. The Morgan fingerprint density at radius 2 is 2.00 bits per heavy atom. The van der Waals surface area contributed by atoms with Crippen LogP contribution in [0.4, 0.5) is 0 Å². The summed E-state index contributed by atoms with van der Waals surface area (Å²) >= 11 is 6.20. The number of benzene rings is 1. The number of nitrogens with zero attached hydrogens (tertiary/aromatic N) is 4. The first-order valence-corrected chi connectivity index (χ1v) is 6.48. The molecule has 0 radical (unpaired) electrons. The first kappa shape index (κ1) is 11.6. The molecule has 94 valence electrons. The van der Waals surface area contributed by atoms with Gasteiger partial charge in [0.25, 0.3) is 0 Å². The third kappa shape index (κ3) is 2.11. The Morgan fingerprint density at radius 1 is 1.22 bits per heavy atom. The zero-order chi connectivity index (χ0) is 12.4. The molecule has 1 N–H and O–H groups in total. The Labute approximate surface area is 110 Å². The molecule has 0 atom stereocenters. The second-order valence-corrected chi connectivity index (χ2v) is 4.83. The van der Waals surface area contributed by atoms with Crippen LogP contribution < -0.4 is 5.32 Å². The van der Waals surface area contributed by atoms with E-state index in [2.05, 4.69) is 20.8 Å². The highest BCUT2D eigenvalue weighted by Crippen LogP contribution is 2.27. The standard InChI is InChI=1S/C12H14ClN5/c13-10-3-1-2-4-11(10)18-12(15-16-17-18)9-5-7-14-8-6-9/h1-4,9,14H,5-8H2. The van der Waals surface area contributed by atoms with Crippen molar-refractivity contribution < 1.29 is 0 Å². The summed E-state index contributed by atoms with van der Waals surface area (Å²) in [6.07, 6.45) is 2.12. The van der Waals surface area contributed by atoms with Crippen molar-refractivity contribution in [3.05, 3.63) is 35.1 Å². The van der Waals surface area contributed by atoms with E-state index in [1.165, 1.54) is 0 Å². The molecule has 1 aromatic carbocycles. The van der Waals surface area contributed by atoms with Crippen LogP contribution in [0.2, 0.25) is 5.02 Å². The number of aromatic nitrogens is 4. The summed E-state index contributed by atoms with van der Waals surface area (Å²) in [4.78, 5) is 0. The summed E-state index contributed by atoms with van der Waals surface area (Å²) in [7, 11) is 0. The fourth-order valence-corrected chi connectivity index (χ4v) is 2.54. The minimum absolute atomic E-state index is 0.400.